The lowest BCUT2D eigenvalue weighted by Crippen LogP contribution is -1.99. The first-order chi connectivity index (χ1) is 12.6. The fourth-order valence-corrected chi connectivity index (χ4v) is 3.54. The summed E-state index contributed by atoms with van der Waals surface area (Å²) >= 11 is 0. The van der Waals surface area contributed by atoms with E-state index < -0.39 is 5.97 Å². The number of aromatic amines is 1. The highest BCUT2D eigenvalue weighted by atomic mass is 16.4. The van der Waals surface area contributed by atoms with Crippen molar-refractivity contribution >= 4 is 16.7 Å². The predicted molar refractivity (Wildman–Crippen MR) is 106 cm³/mol. The van der Waals surface area contributed by atoms with Gasteiger partial charge in [-0.3, -0.25) is 0 Å². The Morgan fingerprint density at radius 2 is 1.58 bits per heavy atom. The van der Waals surface area contributed by atoms with Crippen LogP contribution in [0.2, 0.25) is 0 Å². The molecule has 1 aromatic heterocycles. The summed E-state index contributed by atoms with van der Waals surface area (Å²) in [7, 11) is 0. The molecule has 1 heterocycles. The van der Waals surface area contributed by atoms with Crippen LogP contribution in [0.15, 0.2) is 66.9 Å². The van der Waals surface area contributed by atoms with E-state index in [4.69, 9.17) is 0 Å². The van der Waals surface area contributed by atoms with E-state index >= 15 is 0 Å². The zero-order chi connectivity index (χ0) is 18.3. The van der Waals surface area contributed by atoms with E-state index in [0.717, 1.165) is 22.4 Å². The summed E-state index contributed by atoms with van der Waals surface area (Å²) in [6.07, 6.45) is 1.86. The Hall–Kier alpha value is -3.33. The third-order valence-corrected chi connectivity index (χ3v) is 4.94. The lowest BCUT2D eigenvalue weighted by atomic mass is 9.94. The van der Waals surface area contributed by atoms with Gasteiger partial charge in [0.15, 0.2) is 0 Å². The lowest BCUT2D eigenvalue weighted by Gasteiger charge is -2.11. The van der Waals surface area contributed by atoms with Crippen molar-refractivity contribution in [1.82, 2.24) is 4.98 Å². The fourth-order valence-electron chi connectivity index (χ4n) is 3.54. The minimum atomic E-state index is -0.919. The van der Waals surface area contributed by atoms with Crippen molar-refractivity contribution in [2.75, 3.05) is 0 Å². The van der Waals surface area contributed by atoms with Gasteiger partial charge in [0.1, 0.15) is 0 Å². The van der Waals surface area contributed by atoms with Crippen molar-refractivity contribution in [2.24, 2.45) is 0 Å². The number of nitrogens with one attached hydrogen (secondary N) is 1. The zero-order valence-electron chi connectivity index (χ0n) is 14.7. The maximum atomic E-state index is 11.6. The number of hydrogen-bond acceptors (Lipinski definition) is 1. The molecule has 128 valence electrons. The molecule has 3 heteroatoms. The second-order valence-corrected chi connectivity index (χ2v) is 6.58. The SMILES string of the molecule is Cc1ccc(C)c2cc(-c3[nH]ccc3-c3ccccc3C(=O)O)ccc12. The maximum Gasteiger partial charge on any atom is 0.336 e. The predicted octanol–water partition coefficient (Wildman–Crippen LogP) is 5.82. The van der Waals surface area contributed by atoms with Crippen LogP contribution in [0.25, 0.3) is 33.2 Å². The number of aromatic nitrogens is 1. The molecule has 0 radical (unpaired) electrons. The summed E-state index contributed by atoms with van der Waals surface area (Å²) in [5.41, 5.74) is 6.38. The molecule has 0 aliphatic rings. The monoisotopic (exact) mass is 341 g/mol. The van der Waals surface area contributed by atoms with E-state index in [1.165, 1.54) is 21.9 Å². The first kappa shape index (κ1) is 16.2. The minimum absolute atomic E-state index is 0.307. The standard InChI is InChI=1S/C23H19NO2/c1-14-7-8-15(2)21-13-16(9-10-17(14)21)22-19(11-12-24-22)18-5-3-4-6-20(18)23(25)26/h3-13,24H,1-2H3,(H,25,26). The summed E-state index contributed by atoms with van der Waals surface area (Å²) in [5, 5.41) is 12.0. The number of benzene rings is 3. The summed E-state index contributed by atoms with van der Waals surface area (Å²) in [6.45, 7) is 4.23. The normalized spacial score (nSPS) is 11.0. The van der Waals surface area contributed by atoms with E-state index in [9.17, 15) is 9.90 Å². The molecule has 3 nitrogen and oxygen atoms in total. The zero-order valence-corrected chi connectivity index (χ0v) is 14.7. The van der Waals surface area contributed by atoms with Crippen LogP contribution < -0.4 is 0 Å². The van der Waals surface area contributed by atoms with E-state index in [0.29, 0.717) is 5.56 Å². The van der Waals surface area contributed by atoms with Gasteiger partial charge in [0.25, 0.3) is 0 Å². The van der Waals surface area contributed by atoms with E-state index in [-0.39, 0.29) is 0 Å². The van der Waals surface area contributed by atoms with Gasteiger partial charge >= 0.3 is 5.97 Å². The molecule has 4 rings (SSSR count). The highest BCUT2D eigenvalue weighted by molar-refractivity contribution is 5.99. The van der Waals surface area contributed by atoms with Crippen molar-refractivity contribution in [3.63, 3.8) is 0 Å². The van der Waals surface area contributed by atoms with Crippen LogP contribution in [0.5, 0.6) is 0 Å². The van der Waals surface area contributed by atoms with Crippen LogP contribution in [0, 0.1) is 13.8 Å². The average Bonchev–Trinajstić information content (AvgIpc) is 3.14. The molecule has 0 amide bonds. The average molecular weight is 341 g/mol. The topological polar surface area (TPSA) is 53.1 Å². The number of aryl methyl sites for hydroxylation is 2. The number of carbonyl (C=O) groups is 1. The van der Waals surface area contributed by atoms with Crippen LogP contribution in [0.4, 0.5) is 0 Å². The third kappa shape index (κ3) is 2.58. The quantitative estimate of drug-likeness (QED) is 0.493. The van der Waals surface area contributed by atoms with Gasteiger partial charge in [-0.05, 0) is 65.1 Å². The number of H-pyrrole nitrogens is 1. The van der Waals surface area contributed by atoms with Crippen molar-refractivity contribution in [1.29, 1.82) is 0 Å². The van der Waals surface area contributed by atoms with Gasteiger partial charge < -0.3 is 10.1 Å². The van der Waals surface area contributed by atoms with Gasteiger partial charge in [-0.15, -0.1) is 0 Å². The number of carboxylic acid groups (broad SMARTS) is 1. The number of carboxylic acids is 1. The highest BCUT2D eigenvalue weighted by Gasteiger charge is 2.16. The van der Waals surface area contributed by atoms with E-state index in [1.54, 1.807) is 12.1 Å². The van der Waals surface area contributed by atoms with Crippen LogP contribution in [0.3, 0.4) is 0 Å². The fraction of sp³-hybridized carbons (Fsp3) is 0.0870. The Balaban J connectivity index is 1.93. The molecule has 0 atom stereocenters. The highest BCUT2D eigenvalue weighted by Crippen LogP contribution is 2.35. The second kappa shape index (κ2) is 6.19. The number of hydrogen-bond donors (Lipinski definition) is 2. The molecule has 3 aromatic carbocycles. The molecule has 2 N–H and O–H groups in total. The number of aromatic carboxylic acids is 1. The molecular formula is C23H19NO2. The molecule has 0 spiro atoms. The Bertz CT molecular complexity index is 1140. The molecule has 0 bridgehead atoms. The molecule has 0 saturated carbocycles. The van der Waals surface area contributed by atoms with Crippen molar-refractivity contribution in [2.45, 2.75) is 13.8 Å². The van der Waals surface area contributed by atoms with Gasteiger partial charge in [0.05, 0.1) is 11.3 Å². The maximum absolute atomic E-state index is 11.6. The second-order valence-electron chi connectivity index (χ2n) is 6.58. The van der Waals surface area contributed by atoms with Crippen LogP contribution in [0.1, 0.15) is 21.5 Å². The molecule has 26 heavy (non-hydrogen) atoms. The van der Waals surface area contributed by atoms with Crippen LogP contribution >= 0.6 is 0 Å². The third-order valence-electron chi connectivity index (χ3n) is 4.94. The van der Waals surface area contributed by atoms with Gasteiger partial charge in [0, 0.05) is 11.8 Å². The molecule has 0 unspecified atom stereocenters. The van der Waals surface area contributed by atoms with E-state index in [2.05, 4.69) is 49.2 Å². The summed E-state index contributed by atoms with van der Waals surface area (Å²) in [6, 6.07) is 19.7. The Morgan fingerprint density at radius 1 is 0.846 bits per heavy atom. The molecular weight excluding hydrogens is 322 g/mol. The smallest absolute Gasteiger partial charge is 0.336 e. The molecule has 0 saturated heterocycles. The largest absolute Gasteiger partial charge is 0.478 e. The minimum Gasteiger partial charge on any atom is -0.478 e. The van der Waals surface area contributed by atoms with Gasteiger partial charge in [0.2, 0.25) is 0 Å². The molecule has 0 fully saturated rings. The summed E-state index contributed by atoms with van der Waals surface area (Å²) < 4.78 is 0. The first-order valence-electron chi connectivity index (χ1n) is 8.56. The first-order valence-corrected chi connectivity index (χ1v) is 8.56. The van der Waals surface area contributed by atoms with Gasteiger partial charge in [-0.25, -0.2) is 4.79 Å². The molecule has 0 aliphatic heterocycles. The van der Waals surface area contributed by atoms with Gasteiger partial charge in [-0.1, -0.05) is 42.5 Å². The van der Waals surface area contributed by atoms with Crippen LogP contribution in [-0.2, 0) is 0 Å². The lowest BCUT2D eigenvalue weighted by molar-refractivity contribution is 0.0697. The summed E-state index contributed by atoms with van der Waals surface area (Å²) in [4.78, 5) is 14.9. The van der Waals surface area contributed by atoms with E-state index in [1.807, 2.05) is 24.4 Å². The molecule has 0 aliphatic carbocycles. The van der Waals surface area contributed by atoms with Crippen molar-refractivity contribution in [3.8, 4) is 22.4 Å². The Kier molecular flexibility index (Phi) is 3.85. The number of rotatable bonds is 3. The van der Waals surface area contributed by atoms with Gasteiger partial charge in [-0.2, -0.15) is 0 Å². The summed E-state index contributed by atoms with van der Waals surface area (Å²) in [5.74, 6) is -0.919. The van der Waals surface area contributed by atoms with Crippen LogP contribution in [-0.4, -0.2) is 16.1 Å². The number of fused-ring (bicyclic) bond motifs is 1. The Labute approximate surface area is 151 Å². The van der Waals surface area contributed by atoms with Crippen molar-refractivity contribution in [3.05, 3.63) is 83.6 Å². The Morgan fingerprint density at radius 3 is 2.35 bits per heavy atom. The van der Waals surface area contributed by atoms with Crippen molar-refractivity contribution < 1.29 is 9.90 Å². The molecule has 4 aromatic rings.